The van der Waals surface area contributed by atoms with E-state index in [1.807, 2.05) is 23.8 Å². The number of carbonyl (C=O) groups is 1. The van der Waals surface area contributed by atoms with Crippen molar-refractivity contribution in [3.8, 4) is 6.07 Å². The topological polar surface area (TPSA) is 118 Å². The quantitative estimate of drug-likeness (QED) is 0.429. The summed E-state index contributed by atoms with van der Waals surface area (Å²) >= 11 is 2.55. The van der Waals surface area contributed by atoms with E-state index in [4.69, 9.17) is 4.74 Å². The number of rotatable bonds is 8. The van der Waals surface area contributed by atoms with Gasteiger partial charge in [-0.2, -0.15) is 9.57 Å². The lowest BCUT2D eigenvalue weighted by Gasteiger charge is -2.26. The summed E-state index contributed by atoms with van der Waals surface area (Å²) < 4.78 is 34.6. The molecule has 4 rings (SSSR count). The number of benzene rings is 1. The monoisotopic (exact) mass is 505 g/mol. The summed E-state index contributed by atoms with van der Waals surface area (Å²) in [4.78, 5) is 21.8. The van der Waals surface area contributed by atoms with Gasteiger partial charge in [-0.05, 0) is 32.0 Å². The number of aryl methyl sites for hydroxylation is 2. The first kappa shape index (κ1) is 23.8. The number of morpholine rings is 1. The minimum Gasteiger partial charge on any atom is -0.379 e. The van der Waals surface area contributed by atoms with Gasteiger partial charge in [0, 0.05) is 30.7 Å². The summed E-state index contributed by atoms with van der Waals surface area (Å²) in [6.45, 7) is 5.80. The van der Waals surface area contributed by atoms with E-state index >= 15 is 0 Å². The largest absolute Gasteiger partial charge is 0.379 e. The number of nitriles is 1. The highest BCUT2D eigenvalue weighted by atomic mass is 32.2. The average Bonchev–Trinajstić information content (AvgIpc) is 3.41. The van der Waals surface area contributed by atoms with E-state index in [-0.39, 0.29) is 16.4 Å². The Balaban J connectivity index is 1.57. The highest BCUT2D eigenvalue weighted by Crippen LogP contribution is 2.29. The fourth-order valence-corrected chi connectivity index (χ4v) is 6.86. The smallest absolute Gasteiger partial charge is 0.243 e. The van der Waals surface area contributed by atoms with Crippen molar-refractivity contribution in [2.75, 3.05) is 32.1 Å². The first-order chi connectivity index (χ1) is 15.8. The molecule has 2 aromatic heterocycles. The Morgan fingerprint density at radius 1 is 1.33 bits per heavy atom. The van der Waals surface area contributed by atoms with Gasteiger partial charge >= 0.3 is 0 Å². The molecular weight excluding hydrogens is 482 g/mol. The Kier molecular flexibility index (Phi) is 7.16. The van der Waals surface area contributed by atoms with Crippen LogP contribution in [0.5, 0.6) is 0 Å². The van der Waals surface area contributed by atoms with Crippen LogP contribution in [0.25, 0.3) is 11.0 Å². The standard InChI is InChI=1S/C21H23N5O4S3/c1-3-26-18-5-4-15(33(28,29)25-6-8-30-9-7-25)10-17(18)24-21(26)32-13-19(27)16(11-22)20-23-14(2)12-31-20/h4-5,10,12,16H,3,6-9,13H2,1-2H3. The van der Waals surface area contributed by atoms with Crippen LogP contribution in [0.4, 0.5) is 0 Å². The summed E-state index contributed by atoms with van der Waals surface area (Å²) in [7, 11) is -3.63. The van der Waals surface area contributed by atoms with Crippen LogP contribution in [0, 0.1) is 18.3 Å². The van der Waals surface area contributed by atoms with Gasteiger partial charge in [-0.25, -0.2) is 18.4 Å². The number of ether oxygens (including phenoxy) is 1. The van der Waals surface area contributed by atoms with E-state index in [1.54, 1.807) is 18.2 Å². The van der Waals surface area contributed by atoms with Crippen molar-refractivity contribution in [2.45, 2.75) is 36.4 Å². The molecule has 0 bridgehead atoms. The maximum atomic E-state index is 13.0. The number of hydrogen-bond acceptors (Lipinski definition) is 9. The summed E-state index contributed by atoms with van der Waals surface area (Å²) in [6, 6.07) is 6.98. The molecule has 0 saturated carbocycles. The summed E-state index contributed by atoms with van der Waals surface area (Å²) in [5, 5.41) is 12.4. The van der Waals surface area contributed by atoms with E-state index in [2.05, 4.69) is 16.0 Å². The SMILES string of the molecule is CCn1c(SCC(=O)C(C#N)c2nc(C)cs2)nc2cc(S(=O)(=O)N3CCOCC3)ccc21. The number of aromatic nitrogens is 3. The molecule has 0 spiro atoms. The first-order valence-corrected chi connectivity index (χ1v) is 13.7. The molecule has 0 radical (unpaired) electrons. The molecule has 0 amide bonds. The van der Waals surface area contributed by atoms with E-state index in [0.717, 1.165) is 11.2 Å². The number of fused-ring (bicyclic) bond motifs is 1. The predicted octanol–water partition coefficient (Wildman–Crippen LogP) is 2.81. The van der Waals surface area contributed by atoms with Gasteiger partial charge in [0.05, 0.1) is 41.0 Å². The summed E-state index contributed by atoms with van der Waals surface area (Å²) in [5.74, 6) is -1.07. The number of thioether (sulfide) groups is 1. The van der Waals surface area contributed by atoms with Crippen LogP contribution in [0.15, 0.2) is 33.6 Å². The molecule has 0 aliphatic carbocycles. The van der Waals surface area contributed by atoms with E-state index < -0.39 is 15.9 Å². The highest BCUT2D eigenvalue weighted by Gasteiger charge is 2.28. The van der Waals surface area contributed by atoms with Crippen LogP contribution in [0.3, 0.4) is 0 Å². The van der Waals surface area contributed by atoms with Crippen LogP contribution in [-0.2, 0) is 26.1 Å². The third-order valence-electron chi connectivity index (χ3n) is 5.29. The second-order valence-corrected chi connectivity index (χ2v) is 11.2. The Labute approximate surface area is 200 Å². The fraction of sp³-hybridized carbons (Fsp3) is 0.429. The van der Waals surface area contributed by atoms with Gasteiger partial charge < -0.3 is 9.30 Å². The van der Waals surface area contributed by atoms with Gasteiger partial charge in [-0.15, -0.1) is 11.3 Å². The van der Waals surface area contributed by atoms with Crippen LogP contribution in [0.1, 0.15) is 23.5 Å². The molecule has 174 valence electrons. The van der Waals surface area contributed by atoms with Crippen molar-refractivity contribution in [2.24, 2.45) is 0 Å². The maximum absolute atomic E-state index is 13.0. The molecule has 0 N–H and O–H groups in total. The molecule has 1 atom stereocenters. The van der Waals surface area contributed by atoms with Crippen LogP contribution in [-0.4, -0.2) is 65.1 Å². The normalized spacial score (nSPS) is 16.0. The van der Waals surface area contributed by atoms with Crippen molar-refractivity contribution in [3.05, 3.63) is 34.3 Å². The predicted molar refractivity (Wildman–Crippen MR) is 126 cm³/mol. The van der Waals surface area contributed by atoms with Gasteiger partial charge in [-0.3, -0.25) is 4.79 Å². The number of ketones is 1. The number of hydrogen-bond donors (Lipinski definition) is 0. The van der Waals surface area contributed by atoms with Crippen molar-refractivity contribution in [3.63, 3.8) is 0 Å². The number of Topliss-reactive ketones (excluding diaryl/α,β-unsaturated/α-hetero) is 1. The van der Waals surface area contributed by atoms with Crippen molar-refractivity contribution < 1.29 is 17.9 Å². The molecule has 9 nitrogen and oxygen atoms in total. The Morgan fingerprint density at radius 2 is 2.09 bits per heavy atom. The third kappa shape index (κ3) is 4.83. The molecule has 1 fully saturated rings. The van der Waals surface area contributed by atoms with Crippen molar-refractivity contribution in [1.29, 1.82) is 5.26 Å². The minimum atomic E-state index is -3.63. The molecule has 1 aliphatic heterocycles. The third-order valence-corrected chi connectivity index (χ3v) is 9.21. The average molecular weight is 506 g/mol. The maximum Gasteiger partial charge on any atom is 0.243 e. The van der Waals surface area contributed by atoms with Crippen molar-refractivity contribution in [1.82, 2.24) is 18.8 Å². The molecule has 1 aromatic carbocycles. The zero-order valence-electron chi connectivity index (χ0n) is 18.2. The Hall–Kier alpha value is -2.30. The molecule has 1 unspecified atom stereocenters. The van der Waals surface area contributed by atoms with Gasteiger partial charge in [-0.1, -0.05) is 11.8 Å². The van der Waals surface area contributed by atoms with Gasteiger partial charge in [0.25, 0.3) is 0 Å². The van der Waals surface area contributed by atoms with Crippen LogP contribution < -0.4 is 0 Å². The van der Waals surface area contributed by atoms with E-state index in [1.165, 1.54) is 27.4 Å². The second kappa shape index (κ2) is 9.90. The minimum absolute atomic E-state index is 0.0686. The van der Waals surface area contributed by atoms with Crippen LogP contribution >= 0.6 is 23.1 Å². The lowest BCUT2D eigenvalue weighted by Crippen LogP contribution is -2.40. The zero-order valence-corrected chi connectivity index (χ0v) is 20.7. The Bertz CT molecular complexity index is 1320. The Morgan fingerprint density at radius 3 is 2.73 bits per heavy atom. The van der Waals surface area contributed by atoms with E-state index in [9.17, 15) is 18.5 Å². The van der Waals surface area contributed by atoms with Crippen molar-refractivity contribution >= 4 is 49.9 Å². The first-order valence-electron chi connectivity index (χ1n) is 10.4. The van der Waals surface area contributed by atoms with E-state index in [0.29, 0.717) is 48.5 Å². The number of thiazole rings is 1. The molecule has 1 aliphatic rings. The second-order valence-electron chi connectivity index (χ2n) is 7.45. The summed E-state index contributed by atoms with van der Waals surface area (Å²) in [6.07, 6.45) is 0. The molecule has 33 heavy (non-hydrogen) atoms. The molecular formula is C21H23N5O4S3. The van der Waals surface area contributed by atoms with Gasteiger partial charge in [0.1, 0.15) is 5.01 Å². The van der Waals surface area contributed by atoms with Crippen LogP contribution in [0.2, 0.25) is 0 Å². The lowest BCUT2D eigenvalue weighted by atomic mass is 10.1. The molecule has 1 saturated heterocycles. The molecule has 12 heteroatoms. The lowest BCUT2D eigenvalue weighted by molar-refractivity contribution is -0.116. The fourth-order valence-electron chi connectivity index (χ4n) is 3.59. The number of sulfonamides is 1. The van der Waals surface area contributed by atoms with Gasteiger partial charge in [0.15, 0.2) is 16.9 Å². The number of carbonyl (C=O) groups excluding carboxylic acids is 1. The number of imidazole rings is 1. The molecule has 3 heterocycles. The zero-order chi connectivity index (χ0) is 23.6. The highest BCUT2D eigenvalue weighted by molar-refractivity contribution is 7.99. The number of nitrogens with zero attached hydrogens (tertiary/aromatic N) is 5. The summed E-state index contributed by atoms with van der Waals surface area (Å²) in [5.41, 5.74) is 2.13. The molecule has 3 aromatic rings. The van der Waals surface area contributed by atoms with Gasteiger partial charge in [0.2, 0.25) is 10.0 Å².